The van der Waals surface area contributed by atoms with Gasteiger partial charge >= 0.3 is 0 Å². The van der Waals surface area contributed by atoms with Crippen LogP contribution >= 0.6 is 11.6 Å². The van der Waals surface area contributed by atoms with E-state index in [9.17, 15) is 18.0 Å². The molecule has 9 nitrogen and oxygen atoms in total. The second-order valence-corrected chi connectivity index (χ2v) is 14.7. The number of benzene rings is 1. The standard InChI is InChI=1S/C36H42ClF3N6O3/c1-22(2)46(25-14-36(39,40)15-25)34(47)27-13-24(38)5-6-29(27)49-31-18-41-21-43-33(31)45-19-35(20-45)16-26(17-35)48-30-7-10-42-28-8-12-44(11-4-9-37)23(3)32(28)30/h5-7,10,13,18,21-23,25-26H,4,8-9,11-12,14-17,19-20H2,1-3H3. The van der Waals surface area contributed by atoms with Crippen LogP contribution in [0.25, 0.3) is 0 Å². The first-order chi connectivity index (χ1) is 23.5. The van der Waals surface area contributed by atoms with E-state index in [1.165, 1.54) is 35.1 Å². The molecule has 1 atom stereocenters. The summed E-state index contributed by atoms with van der Waals surface area (Å²) >= 11 is 5.97. The van der Waals surface area contributed by atoms with Crippen LogP contribution in [0.1, 0.15) is 80.5 Å². The average molecular weight is 699 g/mol. The Morgan fingerprint density at radius 3 is 2.59 bits per heavy atom. The summed E-state index contributed by atoms with van der Waals surface area (Å²) in [6, 6.07) is 4.89. The highest BCUT2D eigenvalue weighted by Gasteiger charge is 2.55. The number of hydrogen-bond donors (Lipinski definition) is 0. The van der Waals surface area contributed by atoms with Gasteiger partial charge in [0.05, 0.1) is 17.5 Å². The highest BCUT2D eigenvalue weighted by Crippen LogP contribution is 2.52. The minimum absolute atomic E-state index is 0.0347. The summed E-state index contributed by atoms with van der Waals surface area (Å²) in [4.78, 5) is 33.0. The van der Waals surface area contributed by atoms with Crippen molar-refractivity contribution in [3.63, 3.8) is 0 Å². The molecule has 0 N–H and O–H groups in total. The number of carbonyl (C=O) groups excluding carboxylic acids is 1. The van der Waals surface area contributed by atoms with E-state index in [1.807, 2.05) is 12.3 Å². The van der Waals surface area contributed by atoms with Crippen LogP contribution in [0.2, 0.25) is 0 Å². The van der Waals surface area contributed by atoms with Gasteiger partial charge in [0.1, 0.15) is 29.7 Å². The van der Waals surface area contributed by atoms with Gasteiger partial charge in [-0.25, -0.2) is 23.1 Å². The molecule has 4 aliphatic rings. The van der Waals surface area contributed by atoms with E-state index < -0.39 is 36.5 Å². The van der Waals surface area contributed by atoms with E-state index in [1.54, 1.807) is 13.8 Å². The summed E-state index contributed by atoms with van der Waals surface area (Å²) in [7, 11) is 0. The fourth-order valence-corrected chi connectivity index (χ4v) is 8.18. The lowest BCUT2D eigenvalue weighted by Gasteiger charge is -2.59. The largest absolute Gasteiger partial charge is 0.490 e. The number of halogens is 4. The number of rotatable bonds is 11. The molecule has 2 aliphatic carbocycles. The van der Waals surface area contributed by atoms with E-state index in [0.717, 1.165) is 69.4 Å². The number of pyridine rings is 1. The number of alkyl halides is 3. The van der Waals surface area contributed by atoms with E-state index in [0.29, 0.717) is 17.4 Å². The van der Waals surface area contributed by atoms with Gasteiger partial charge in [-0.15, -0.1) is 11.6 Å². The van der Waals surface area contributed by atoms with Crippen LogP contribution in [0.5, 0.6) is 17.2 Å². The van der Waals surface area contributed by atoms with Gasteiger partial charge in [0.2, 0.25) is 0 Å². The SMILES string of the molecule is CC1c2c(OC3CC4(C3)CN(c3ncncc3Oc3ccc(F)cc3C(=O)N(C(C)C)C3CC(F)(F)C3)C4)ccnc2CCN1CCCCl. The van der Waals surface area contributed by atoms with E-state index in [2.05, 4.69) is 31.7 Å². The van der Waals surface area contributed by atoms with Crippen LogP contribution in [0, 0.1) is 11.2 Å². The number of aromatic nitrogens is 3. The Hall–Kier alpha value is -3.64. The van der Waals surface area contributed by atoms with Crippen molar-refractivity contribution in [2.24, 2.45) is 5.41 Å². The Morgan fingerprint density at radius 2 is 1.88 bits per heavy atom. The molecular formula is C36H42ClF3N6O3. The summed E-state index contributed by atoms with van der Waals surface area (Å²) in [5.74, 6) is -1.41. The third-order valence-corrected chi connectivity index (χ3v) is 10.8. The molecular weight excluding hydrogens is 657 g/mol. The summed E-state index contributed by atoms with van der Waals surface area (Å²) in [6.45, 7) is 9.16. The molecule has 0 radical (unpaired) electrons. The summed E-state index contributed by atoms with van der Waals surface area (Å²) in [5.41, 5.74) is 2.35. The number of fused-ring (bicyclic) bond motifs is 1. The molecule has 49 heavy (non-hydrogen) atoms. The van der Waals surface area contributed by atoms with Crippen molar-refractivity contribution in [1.82, 2.24) is 24.8 Å². The lowest BCUT2D eigenvalue weighted by molar-refractivity contribution is -0.120. The van der Waals surface area contributed by atoms with Crippen molar-refractivity contribution in [1.29, 1.82) is 0 Å². The molecule has 2 aromatic heterocycles. The third-order valence-electron chi connectivity index (χ3n) is 10.5. The van der Waals surface area contributed by atoms with Crippen LogP contribution in [-0.2, 0) is 6.42 Å². The maximum absolute atomic E-state index is 14.5. The molecule has 1 aromatic carbocycles. The Kier molecular flexibility index (Phi) is 9.14. The van der Waals surface area contributed by atoms with E-state index in [-0.39, 0.29) is 34.9 Å². The molecule has 1 unspecified atom stereocenters. The zero-order valence-electron chi connectivity index (χ0n) is 28.0. The first-order valence-electron chi connectivity index (χ1n) is 17.1. The quantitative estimate of drug-likeness (QED) is 0.197. The van der Waals surface area contributed by atoms with Gasteiger partial charge in [-0.2, -0.15) is 0 Å². The van der Waals surface area contributed by atoms with E-state index in [4.69, 9.17) is 21.1 Å². The lowest BCUT2D eigenvalue weighted by atomic mass is 9.61. The summed E-state index contributed by atoms with van der Waals surface area (Å²) in [5, 5.41) is 0. The number of anilines is 1. The smallest absolute Gasteiger partial charge is 0.258 e. The molecule has 262 valence electrons. The predicted molar refractivity (Wildman–Crippen MR) is 179 cm³/mol. The van der Waals surface area contributed by atoms with Gasteiger partial charge in [-0.3, -0.25) is 14.7 Å². The van der Waals surface area contributed by atoms with Crippen LogP contribution in [-0.4, -0.2) is 86.8 Å². The zero-order chi connectivity index (χ0) is 34.5. The normalized spacial score (nSPS) is 21.5. The molecule has 2 saturated carbocycles. The molecule has 3 fully saturated rings. The van der Waals surface area contributed by atoms with Crippen molar-refractivity contribution in [3.05, 3.63) is 65.6 Å². The van der Waals surface area contributed by atoms with Crippen molar-refractivity contribution in [3.8, 4) is 17.2 Å². The minimum atomic E-state index is -2.81. The van der Waals surface area contributed by atoms with Crippen molar-refractivity contribution in [2.45, 2.75) is 89.4 Å². The van der Waals surface area contributed by atoms with Crippen LogP contribution in [0.15, 0.2) is 43.0 Å². The first kappa shape index (κ1) is 33.8. The molecule has 3 aromatic rings. The van der Waals surface area contributed by atoms with Gasteiger partial charge in [-0.05, 0) is 70.8 Å². The van der Waals surface area contributed by atoms with Gasteiger partial charge in [0.25, 0.3) is 11.8 Å². The summed E-state index contributed by atoms with van der Waals surface area (Å²) < 4.78 is 54.8. The van der Waals surface area contributed by atoms with Crippen LogP contribution < -0.4 is 14.4 Å². The molecule has 13 heteroatoms. The van der Waals surface area contributed by atoms with Crippen LogP contribution in [0.3, 0.4) is 0 Å². The van der Waals surface area contributed by atoms with Gasteiger partial charge in [0.15, 0.2) is 11.6 Å². The topological polar surface area (TPSA) is 83.9 Å². The van der Waals surface area contributed by atoms with Crippen molar-refractivity contribution >= 4 is 23.3 Å². The Bertz CT molecular complexity index is 1690. The fraction of sp³-hybridized carbons (Fsp3) is 0.556. The van der Waals surface area contributed by atoms with Crippen molar-refractivity contribution < 1.29 is 27.4 Å². The summed E-state index contributed by atoms with van der Waals surface area (Å²) in [6.07, 6.45) is 7.75. The number of carbonyl (C=O) groups is 1. The number of hydrogen-bond acceptors (Lipinski definition) is 8. The lowest BCUT2D eigenvalue weighted by Crippen LogP contribution is -2.65. The maximum atomic E-state index is 14.5. The number of amides is 1. The number of ether oxygens (including phenoxy) is 2. The average Bonchev–Trinajstić information content (AvgIpc) is 3.01. The molecule has 1 spiro atoms. The predicted octanol–water partition coefficient (Wildman–Crippen LogP) is 7.05. The zero-order valence-corrected chi connectivity index (χ0v) is 28.8. The highest BCUT2D eigenvalue weighted by atomic mass is 35.5. The minimum Gasteiger partial charge on any atom is -0.490 e. The van der Waals surface area contributed by atoms with E-state index >= 15 is 0 Å². The van der Waals surface area contributed by atoms with Gasteiger partial charge < -0.3 is 19.3 Å². The molecule has 0 bridgehead atoms. The molecule has 4 heterocycles. The molecule has 1 amide bonds. The third kappa shape index (κ3) is 6.66. The first-order valence-corrected chi connectivity index (χ1v) is 17.7. The Balaban J connectivity index is 1.01. The second kappa shape index (κ2) is 13.2. The van der Waals surface area contributed by atoms with Crippen LogP contribution in [0.4, 0.5) is 19.0 Å². The highest BCUT2D eigenvalue weighted by molar-refractivity contribution is 6.17. The fourth-order valence-electron chi connectivity index (χ4n) is 8.06. The number of nitrogens with zero attached hydrogens (tertiary/aromatic N) is 6. The molecule has 1 saturated heterocycles. The van der Waals surface area contributed by atoms with Gasteiger partial charge in [0, 0.05) is 80.1 Å². The Labute approximate surface area is 289 Å². The molecule has 2 aliphatic heterocycles. The maximum Gasteiger partial charge on any atom is 0.258 e. The second-order valence-electron chi connectivity index (χ2n) is 14.4. The Morgan fingerprint density at radius 1 is 1.10 bits per heavy atom. The van der Waals surface area contributed by atoms with Crippen molar-refractivity contribution in [2.75, 3.05) is 37.0 Å². The molecule has 7 rings (SSSR count). The van der Waals surface area contributed by atoms with Gasteiger partial charge in [-0.1, -0.05) is 0 Å². The monoisotopic (exact) mass is 698 g/mol.